The fourth-order valence-corrected chi connectivity index (χ4v) is 2.56. The number of anilines is 1. The van der Waals surface area contributed by atoms with Gasteiger partial charge < -0.3 is 10.0 Å². The zero-order chi connectivity index (χ0) is 16.1. The second-order valence-electron chi connectivity index (χ2n) is 4.63. The maximum atomic E-state index is 11.1. The van der Waals surface area contributed by atoms with Gasteiger partial charge in [-0.05, 0) is 33.6 Å². The molecule has 0 aliphatic rings. The third-order valence-electron chi connectivity index (χ3n) is 3.04. The number of rotatable bonds is 6. The molecule has 6 nitrogen and oxygen atoms in total. The Morgan fingerprint density at radius 1 is 1.23 bits per heavy atom. The van der Waals surface area contributed by atoms with E-state index in [0.717, 1.165) is 5.56 Å². The summed E-state index contributed by atoms with van der Waals surface area (Å²) in [5, 5.41) is 19.9. The van der Waals surface area contributed by atoms with Gasteiger partial charge in [-0.15, -0.1) is 0 Å². The van der Waals surface area contributed by atoms with E-state index in [1.54, 1.807) is 17.0 Å². The summed E-state index contributed by atoms with van der Waals surface area (Å²) in [6.07, 6.45) is 0. The van der Waals surface area contributed by atoms with E-state index in [4.69, 9.17) is 5.11 Å². The molecule has 0 spiro atoms. The van der Waals surface area contributed by atoms with Crippen LogP contribution in [0.2, 0.25) is 0 Å². The van der Waals surface area contributed by atoms with Gasteiger partial charge in [-0.25, -0.2) is 0 Å². The van der Waals surface area contributed by atoms with E-state index in [2.05, 4.69) is 15.9 Å². The largest absolute Gasteiger partial charge is 0.480 e. The van der Waals surface area contributed by atoms with Gasteiger partial charge in [0.15, 0.2) is 0 Å². The van der Waals surface area contributed by atoms with Crippen LogP contribution >= 0.6 is 15.9 Å². The van der Waals surface area contributed by atoms with Crippen LogP contribution in [0.1, 0.15) is 5.56 Å². The number of nitrogens with zero attached hydrogens (tertiary/aromatic N) is 2. The summed E-state index contributed by atoms with van der Waals surface area (Å²) in [6, 6.07) is 13.9. The molecule has 0 bridgehead atoms. The Bertz CT molecular complexity index is 691. The van der Waals surface area contributed by atoms with Crippen molar-refractivity contribution in [2.24, 2.45) is 0 Å². The van der Waals surface area contributed by atoms with Crippen molar-refractivity contribution >= 4 is 33.3 Å². The second-order valence-corrected chi connectivity index (χ2v) is 5.48. The lowest BCUT2D eigenvalue weighted by Gasteiger charge is -2.23. The first-order valence-electron chi connectivity index (χ1n) is 6.42. The van der Waals surface area contributed by atoms with Gasteiger partial charge >= 0.3 is 5.97 Å². The van der Waals surface area contributed by atoms with E-state index in [0.29, 0.717) is 16.7 Å². The first kappa shape index (κ1) is 16.0. The third-order valence-corrected chi connectivity index (χ3v) is 3.67. The molecule has 114 valence electrons. The van der Waals surface area contributed by atoms with E-state index in [-0.39, 0.29) is 12.2 Å². The summed E-state index contributed by atoms with van der Waals surface area (Å²) in [5.74, 6) is -0.967. The first-order valence-corrected chi connectivity index (χ1v) is 7.21. The lowest BCUT2D eigenvalue weighted by molar-refractivity contribution is -0.385. The zero-order valence-electron chi connectivity index (χ0n) is 11.5. The summed E-state index contributed by atoms with van der Waals surface area (Å²) in [7, 11) is 0. The molecule has 0 atom stereocenters. The molecule has 0 saturated carbocycles. The summed E-state index contributed by atoms with van der Waals surface area (Å²) in [5.41, 5.74) is 1.50. The number of benzene rings is 2. The van der Waals surface area contributed by atoms with Crippen molar-refractivity contribution in [1.82, 2.24) is 0 Å². The Morgan fingerprint density at radius 3 is 2.45 bits per heavy atom. The van der Waals surface area contributed by atoms with E-state index in [9.17, 15) is 14.9 Å². The first-order chi connectivity index (χ1) is 10.5. The second kappa shape index (κ2) is 7.04. The number of hydrogen-bond acceptors (Lipinski definition) is 4. The van der Waals surface area contributed by atoms with Crippen molar-refractivity contribution in [3.63, 3.8) is 0 Å². The van der Waals surface area contributed by atoms with Gasteiger partial charge in [0.1, 0.15) is 6.54 Å². The lowest BCUT2D eigenvalue weighted by Crippen LogP contribution is -2.29. The molecule has 22 heavy (non-hydrogen) atoms. The third kappa shape index (κ3) is 4.05. The van der Waals surface area contributed by atoms with Crippen molar-refractivity contribution in [2.45, 2.75) is 6.54 Å². The van der Waals surface area contributed by atoms with Crippen LogP contribution in [0.15, 0.2) is 53.0 Å². The summed E-state index contributed by atoms with van der Waals surface area (Å²) < 4.78 is 0.318. The molecule has 2 rings (SSSR count). The molecule has 0 aliphatic carbocycles. The van der Waals surface area contributed by atoms with Gasteiger partial charge in [-0.2, -0.15) is 0 Å². The molecular formula is C15H13BrN2O4. The minimum atomic E-state index is -0.967. The van der Waals surface area contributed by atoms with Gasteiger partial charge in [0.25, 0.3) is 5.69 Å². The van der Waals surface area contributed by atoms with Gasteiger partial charge in [0.05, 0.1) is 9.40 Å². The van der Waals surface area contributed by atoms with Crippen molar-refractivity contribution in [1.29, 1.82) is 0 Å². The molecule has 0 unspecified atom stereocenters. The highest BCUT2D eigenvalue weighted by Crippen LogP contribution is 2.30. The molecule has 2 aromatic carbocycles. The van der Waals surface area contributed by atoms with Crippen LogP contribution in [0, 0.1) is 10.1 Å². The average Bonchev–Trinajstić information content (AvgIpc) is 2.46. The summed E-state index contributed by atoms with van der Waals surface area (Å²) in [6.45, 7) is 0.205. The highest BCUT2D eigenvalue weighted by atomic mass is 79.9. The van der Waals surface area contributed by atoms with E-state index < -0.39 is 10.9 Å². The van der Waals surface area contributed by atoms with Crippen LogP contribution in [-0.2, 0) is 11.3 Å². The Hall–Kier alpha value is -2.41. The number of carboxylic acids is 1. The standard InChI is InChI=1S/C15H13BrN2O4/c16-13-8-12(6-7-14(13)18(21)22)17(10-15(19)20)9-11-4-2-1-3-5-11/h1-8H,9-10H2,(H,19,20). The van der Waals surface area contributed by atoms with Gasteiger partial charge in [0.2, 0.25) is 0 Å². The molecule has 1 N–H and O–H groups in total. The summed E-state index contributed by atoms with van der Waals surface area (Å²) >= 11 is 3.15. The fourth-order valence-electron chi connectivity index (χ4n) is 2.05. The van der Waals surface area contributed by atoms with Crippen LogP contribution in [0.5, 0.6) is 0 Å². The van der Waals surface area contributed by atoms with Gasteiger partial charge in [-0.3, -0.25) is 14.9 Å². The van der Waals surface area contributed by atoms with E-state index in [1.165, 1.54) is 6.07 Å². The smallest absolute Gasteiger partial charge is 0.323 e. The number of aliphatic carboxylic acids is 1. The van der Waals surface area contributed by atoms with Crippen LogP contribution in [0.4, 0.5) is 11.4 Å². The van der Waals surface area contributed by atoms with Crippen LogP contribution in [0.25, 0.3) is 0 Å². The predicted octanol–water partition coefficient (Wildman–Crippen LogP) is 3.45. The molecule has 0 aromatic heterocycles. The number of carboxylic acid groups (broad SMARTS) is 1. The SMILES string of the molecule is O=C(O)CN(Cc1ccccc1)c1ccc([N+](=O)[O-])c(Br)c1. The molecule has 2 aromatic rings. The normalized spacial score (nSPS) is 10.2. The maximum absolute atomic E-state index is 11.1. The number of nitro benzene ring substituents is 1. The monoisotopic (exact) mass is 364 g/mol. The molecule has 7 heteroatoms. The number of nitro groups is 1. The molecule has 0 amide bonds. The van der Waals surface area contributed by atoms with E-state index in [1.807, 2.05) is 30.3 Å². The predicted molar refractivity (Wildman–Crippen MR) is 85.9 cm³/mol. The molecule has 0 radical (unpaired) electrons. The van der Waals surface area contributed by atoms with Crippen molar-refractivity contribution in [3.8, 4) is 0 Å². The Kier molecular flexibility index (Phi) is 5.11. The molecule has 0 heterocycles. The molecule has 0 fully saturated rings. The summed E-state index contributed by atoms with van der Waals surface area (Å²) in [4.78, 5) is 23.1. The van der Waals surface area contributed by atoms with Crippen LogP contribution in [-0.4, -0.2) is 22.5 Å². The van der Waals surface area contributed by atoms with Crippen LogP contribution < -0.4 is 4.90 Å². The number of hydrogen-bond donors (Lipinski definition) is 1. The van der Waals surface area contributed by atoms with Crippen LogP contribution in [0.3, 0.4) is 0 Å². The highest BCUT2D eigenvalue weighted by Gasteiger charge is 2.16. The molecular weight excluding hydrogens is 352 g/mol. The van der Waals surface area contributed by atoms with Crippen molar-refractivity contribution < 1.29 is 14.8 Å². The highest BCUT2D eigenvalue weighted by molar-refractivity contribution is 9.10. The Labute approximate surface area is 135 Å². The fraction of sp³-hybridized carbons (Fsp3) is 0.133. The van der Waals surface area contributed by atoms with Gasteiger partial charge in [-0.1, -0.05) is 30.3 Å². The average molecular weight is 365 g/mol. The minimum Gasteiger partial charge on any atom is -0.480 e. The maximum Gasteiger partial charge on any atom is 0.323 e. The topological polar surface area (TPSA) is 83.7 Å². The lowest BCUT2D eigenvalue weighted by atomic mass is 10.2. The van der Waals surface area contributed by atoms with Crippen molar-refractivity contribution in [2.75, 3.05) is 11.4 Å². The Balaban J connectivity index is 2.31. The number of halogens is 1. The zero-order valence-corrected chi connectivity index (χ0v) is 13.1. The van der Waals surface area contributed by atoms with Crippen molar-refractivity contribution in [3.05, 3.63) is 68.7 Å². The molecule has 0 aliphatic heterocycles. The van der Waals surface area contributed by atoms with Gasteiger partial charge in [0, 0.05) is 18.3 Å². The quantitative estimate of drug-likeness (QED) is 0.626. The molecule has 0 saturated heterocycles. The Morgan fingerprint density at radius 2 is 1.91 bits per heavy atom. The number of carbonyl (C=O) groups is 1. The minimum absolute atomic E-state index is 0.0567. The van der Waals surface area contributed by atoms with E-state index >= 15 is 0 Å².